The number of benzene rings is 1. The lowest BCUT2D eigenvalue weighted by atomic mass is 10.1. The van der Waals surface area contributed by atoms with Gasteiger partial charge in [-0.2, -0.15) is 18.7 Å². The second kappa shape index (κ2) is 7.93. The van der Waals surface area contributed by atoms with Crippen molar-refractivity contribution in [3.8, 4) is 12.0 Å². The molecule has 0 spiro atoms. The molecule has 0 amide bonds. The average molecular weight is 411 g/mol. The summed E-state index contributed by atoms with van der Waals surface area (Å²) in [4.78, 5) is 11.4. The zero-order valence-electron chi connectivity index (χ0n) is 13.4. The highest BCUT2D eigenvalue weighted by Gasteiger charge is 2.28. The summed E-state index contributed by atoms with van der Waals surface area (Å²) < 4.78 is 59.7. The van der Waals surface area contributed by atoms with Gasteiger partial charge in [0.25, 0.3) is 10.0 Å². The highest BCUT2D eigenvalue weighted by atomic mass is 35.5. The quantitative estimate of drug-likeness (QED) is 0.705. The number of nitrogens with zero attached hydrogens (tertiary/aromatic N) is 3. The number of aliphatic hydroxyl groups is 1. The fourth-order valence-electron chi connectivity index (χ4n) is 1.86. The monoisotopic (exact) mass is 410 g/mol. The van der Waals surface area contributed by atoms with Gasteiger partial charge in [0.15, 0.2) is 5.82 Å². The van der Waals surface area contributed by atoms with Crippen LogP contribution >= 0.6 is 11.6 Å². The van der Waals surface area contributed by atoms with Crippen LogP contribution in [0.15, 0.2) is 18.2 Å². The van der Waals surface area contributed by atoms with E-state index in [0.717, 1.165) is 0 Å². The lowest BCUT2D eigenvalue weighted by Gasteiger charge is -2.17. The maximum absolute atomic E-state index is 12.7. The molecule has 1 aromatic carbocycles. The predicted octanol–water partition coefficient (Wildman–Crippen LogP) is 1.59. The number of ether oxygens (including phenoxy) is 2. The van der Waals surface area contributed by atoms with Crippen molar-refractivity contribution in [2.45, 2.75) is 11.9 Å². The van der Waals surface area contributed by atoms with Crippen molar-refractivity contribution in [1.82, 2.24) is 15.0 Å². The second-order valence-electron chi connectivity index (χ2n) is 4.68. The van der Waals surface area contributed by atoms with Crippen LogP contribution in [0.2, 0.25) is 5.02 Å². The predicted molar refractivity (Wildman–Crippen MR) is 87.0 cm³/mol. The number of methoxy groups -OCH3 is 2. The molecule has 1 heterocycles. The summed E-state index contributed by atoms with van der Waals surface area (Å²) in [7, 11) is -2.48. The van der Waals surface area contributed by atoms with Crippen molar-refractivity contribution in [3.05, 3.63) is 34.6 Å². The van der Waals surface area contributed by atoms with Crippen molar-refractivity contribution < 1.29 is 31.8 Å². The smallest absolute Gasteiger partial charge is 0.355 e. The zero-order chi connectivity index (χ0) is 19.5. The molecule has 0 aliphatic rings. The molecular weight excluding hydrogens is 398 g/mol. The van der Waals surface area contributed by atoms with Crippen LogP contribution in [0.25, 0.3) is 0 Å². The van der Waals surface area contributed by atoms with Gasteiger partial charge in [0, 0.05) is 5.56 Å². The van der Waals surface area contributed by atoms with Crippen LogP contribution in [-0.4, -0.2) is 48.5 Å². The van der Waals surface area contributed by atoms with Gasteiger partial charge >= 0.3 is 17.8 Å². The van der Waals surface area contributed by atoms with Gasteiger partial charge in [-0.25, -0.2) is 8.42 Å². The number of sulfonamides is 1. The maximum atomic E-state index is 12.7. The van der Waals surface area contributed by atoms with Crippen LogP contribution in [0.3, 0.4) is 0 Å². The molecule has 142 valence electrons. The highest BCUT2D eigenvalue weighted by Crippen LogP contribution is 2.34. The number of rotatable bonds is 7. The van der Waals surface area contributed by atoms with Crippen LogP contribution in [0.1, 0.15) is 17.5 Å². The molecule has 2 N–H and O–H groups in total. The van der Waals surface area contributed by atoms with Crippen molar-refractivity contribution >= 4 is 27.3 Å². The van der Waals surface area contributed by atoms with Gasteiger partial charge in [0.2, 0.25) is 0 Å². The van der Waals surface area contributed by atoms with Gasteiger partial charge in [0.1, 0.15) is 6.10 Å². The summed E-state index contributed by atoms with van der Waals surface area (Å²) in [5, 5.41) is 10.3. The van der Waals surface area contributed by atoms with Gasteiger partial charge in [0.05, 0.1) is 24.9 Å². The van der Waals surface area contributed by atoms with Crippen LogP contribution in [0.5, 0.6) is 12.0 Å². The number of aliphatic hydroxyl groups excluding tert-OH is 1. The Morgan fingerprint density at radius 3 is 2.23 bits per heavy atom. The summed E-state index contributed by atoms with van der Waals surface area (Å²) >= 11 is 5.90. The van der Waals surface area contributed by atoms with Crippen LogP contribution in [0, 0.1) is 0 Å². The summed E-state index contributed by atoms with van der Waals surface area (Å²) in [6, 6.07) is 3.56. The van der Waals surface area contributed by atoms with Crippen molar-refractivity contribution in [1.29, 1.82) is 0 Å². The summed E-state index contributed by atoms with van der Waals surface area (Å²) in [5.41, 5.74) is -0.586. The van der Waals surface area contributed by atoms with Crippen LogP contribution in [0.4, 0.5) is 14.5 Å². The fraction of sp³-hybridized carbons (Fsp3) is 0.308. The van der Waals surface area contributed by atoms with Gasteiger partial charge in [-0.15, -0.1) is 4.98 Å². The van der Waals surface area contributed by atoms with E-state index in [9.17, 15) is 22.3 Å². The number of anilines is 1. The van der Waals surface area contributed by atoms with E-state index in [1.807, 2.05) is 0 Å². The summed E-state index contributed by atoms with van der Waals surface area (Å²) in [5.74, 6) is -3.96. The van der Waals surface area contributed by atoms with Crippen molar-refractivity contribution in [2.24, 2.45) is 0 Å². The molecule has 0 saturated carbocycles. The van der Waals surface area contributed by atoms with Gasteiger partial charge in [-0.1, -0.05) is 23.7 Å². The van der Waals surface area contributed by atoms with Gasteiger partial charge < -0.3 is 14.6 Å². The molecule has 9 nitrogen and oxygen atoms in total. The lowest BCUT2D eigenvalue weighted by Crippen LogP contribution is -2.22. The molecule has 0 fully saturated rings. The van der Waals surface area contributed by atoms with Crippen molar-refractivity contribution in [3.63, 3.8) is 0 Å². The Morgan fingerprint density at radius 1 is 1.15 bits per heavy atom. The largest absolute Gasteiger partial charge is 0.467 e. The Morgan fingerprint density at radius 2 is 1.73 bits per heavy atom. The van der Waals surface area contributed by atoms with E-state index in [1.165, 1.54) is 32.4 Å². The zero-order valence-corrected chi connectivity index (χ0v) is 14.9. The lowest BCUT2D eigenvalue weighted by molar-refractivity contribution is 0.204. The van der Waals surface area contributed by atoms with Crippen molar-refractivity contribution in [2.75, 3.05) is 18.9 Å². The molecular formula is C13H13ClF2N4O5S. The van der Waals surface area contributed by atoms with E-state index < -0.39 is 27.6 Å². The number of halogens is 3. The standard InChI is InChI=1S/C13H13ClF2N4O5S/c1-24-12-17-10(18-13(19-12)25-2)9(21)6-4-3-5-7(14)8(6)20-26(22,23)11(15)16/h3-5,9,11,20-21H,1-2H3. The molecule has 26 heavy (non-hydrogen) atoms. The van der Waals surface area contributed by atoms with E-state index in [4.69, 9.17) is 21.1 Å². The fourth-order valence-corrected chi connectivity index (χ4v) is 2.75. The first-order valence-corrected chi connectivity index (χ1v) is 8.72. The first-order chi connectivity index (χ1) is 12.2. The minimum atomic E-state index is -5.02. The molecule has 0 bridgehead atoms. The normalized spacial score (nSPS) is 12.7. The molecule has 2 aromatic rings. The molecule has 13 heteroatoms. The second-order valence-corrected chi connectivity index (χ2v) is 6.74. The number of para-hydroxylation sites is 1. The van der Waals surface area contributed by atoms with Crippen LogP contribution in [-0.2, 0) is 10.0 Å². The number of hydrogen-bond acceptors (Lipinski definition) is 8. The number of nitrogens with one attached hydrogen (secondary N) is 1. The molecule has 0 aliphatic heterocycles. The summed E-state index contributed by atoms with van der Waals surface area (Å²) in [6.07, 6.45) is -1.64. The van der Waals surface area contributed by atoms with Gasteiger partial charge in [-0.3, -0.25) is 4.72 Å². The molecule has 0 saturated heterocycles. The minimum Gasteiger partial charge on any atom is -0.467 e. The average Bonchev–Trinajstić information content (AvgIpc) is 2.62. The molecule has 0 aliphatic carbocycles. The Hall–Kier alpha value is -2.31. The first-order valence-electron chi connectivity index (χ1n) is 6.79. The first kappa shape index (κ1) is 20.0. The Bertz CT molecular complexity index is 878. The number of alkyl halides is 2. The van der Waals surface area contributed by atoms with Gasteiger partial charge in [-0.05, 0) is 6.07 Å². The number of hydrogen-bond donors (Lipinski definition) is 2. The summed E-state index contributed by atoms with van der Waals surface area (Å²) in [6.45, 7) is 0. The Kier molecular flexibility index (Phi) is 6.10. The Balaban J connectivity index is 2.54. The third-order valence-corrected chi connectivity index (χ3v) is 4.31. The van der Waals surface area contributed by atoms with E-state index in [-0.39, 0.29) is 28.4 Å². The minimum absolute atomic E-state index is 0.156. The van der Waals surface area contributed by atoms with E-state index in [1.54, 1.807) is 4.72 Å². The van der Waals surface area contributed by atoms with Crippen LogP contribution < -0.4 is 14.2 Å². The van der Waals surface area contributed by atoms with E-state index >= 15 is 0 Å². The third kappa shape index (κ3) is 4.26. The Labute approximate surface area is 152 Å². The van der Waals surface area contributed by atoms with E-state index in [2.05, 4.69) is 15.0 Å². The number of aromatic nitrogens is 3. The maximum Gasteiger partial charge on any atom is 0.355 e. The highest BCUT2D eigenvalue weighted by molar-refractivity contribution is 7.93. The molecule has 1 aromatic heterocycles. The molecule has 0 radical (unpaired) electrons. The van der Waals surface area contributed by atoms with E-state index in [0.29, 0.717) is 0 Å². The molecule has 2 rings (SSSR count). The topological polar surface area (TPSA) is 124 Å². The molecule has 1 unspecified atom stereocenters. The SMILES string of the molecule is COc1nc(OC)nc(C(O)c2cccc(Cl)c2NS(=O)(=O)C(F)F)n1. The molecule has 1 atom stereocenters. The third-order valence-electron chi connectivity index (χ3n) is 3.04.